The van der Waals surface area contributed by atoms with Crippen LogP contribution in [0.2, 0.25) is 0 Å². The summed E-state index contributed by atoms with van der Waals surface area (Å²) in [6, 6.07) is 11.7. The lowest BCUT2D eigenvalue weighted by molar-refractivity contribution is -0.123. The molecule has 2 aromatic carbocycles. The van der Waals surface area contributed by atoms with Gasteiger partial charge in [-0.2, -0.15) is 0 Å². The highest BCUT2D eigenvalue weighted by molar-refractivity contribution is 6.05. The van der Waals surface area contributed by atoms with Crippen LogP contribution < -0.4 is 10.6 Å². The summed E-state index contributed by atoms with van der Waals surface area (Å²) in [7, 11) is 0. The van der Waals surface area contributed by atoms with Crippen LogP contribution in [0.25, 0.3) is 10.9 Å². The van der Waals surface area contributed by atoms with E-state index in [0.717, 1.165) is 5.52 Å². The van der Waals surface area contributed by atoms with Gasteiger partial charge in [-0.05, 0) is 18.2 Å². The number of fused-ring (bicyclic) bond motifs is 1. The third-order valence-corrected chi connectivity index (χ3v) is 3.52. The van der Waals surface area contributed by atoms with E-state index in [1.54, 1.807) is 18.2 Å². The number of carbonyl (C=O) groups excluding carboxylic acids is 3. The fourth-order valence-electron chi connectivity index (χ4n) is 2.33. The van der Waals surface area contributed by atoms with Gasteiger partial charge in [0.1, 0.15) is 5.82 Å². The molecular weight excluding hydrogens is 341 g/mol. The summed E-state index contributed by atoms with van der Waals surface area (Å²) in [5.74, 6) is -2.18. The van der Waals surface area contributed by atoms with E-state index in [1.807, 2.05) is 11.4 Å². The topological polar surface area (TPSA) is 100 Å². The molecule has 0 radical (unpaired) electrons. The van der Waals surface area contributed by atoms with Gasteiger partial charge in [0.25, 0.3) is 5.91 Å². The third-order valence-electron chi connectivity index (χ3n) is 3.52. The molecule has 26 heavy (non-hydrogen) atoms. The number of carbonyl (C=O) groups is 3. The van der Waals surface area contributed by atoms with Crippen molar-refractivity contribution in [1.29, 1.82) is 0 Å². The number of urea groups is 1. The second-order valence-corrected chi connectivity index (χ2v) is 5.31. The standard InChI is InChI=1S/C18H14FN3O4/c19-13-6-2-4-8-15(13)21-18(25)22-16(23)10-26-17(24)12-9-20-14-7-3-1-5-11(12)14/h1-9,20H,10H2,(H2,21,22,23,25). The number of amides is 3. The lowest BCUT2D eigenvalue weighted by Crippen LogP contribution is -2.37. The Balaban J connectivity index is 1.53. The smallest absolute Gasteiger partial charge is 0.340 e. The number of hydrogen-bond acceptors (Lipinski definition) is 4. The average molecular weight is 355 g/mol. The number of esters is 1. The van der Waals surface area contributed by atoms with Crippen molar-refractivity contribution in [3.8, 4) is 0 Å². The highest BCUT2D eigenvalue weighted by atomic mass is 19.1. The molecule has 0 bridgehead atoms. The fraction of sp³-hybridized carbons (Fsp3) is 0.0556. The summed E-state index contributed by atoms with van der Waals surface area (Å²) in [5, 5.41) is 4.80. The van der Waals surface area contributed by atoms with Crippen molar-refractivity contribution < 1.29 is 23.5 Å². The number of rotatable bonds is 4. The van der Waals surface area contributed by atoms with Gasteiger partial charge in [-0.3, -0.25) is 10.1 Å². The summed E-state index contributed by atoms with van der Waals surface area (Å²) in [6.45, 7) is -0.650. The van der Waals surface area contributed by atoms with Crippen molar-refractivity contribution in [1.82, 2.24) is 10.3 Å². The van der Waals surface area contributed by atoms with Crippen molar-refractivity contribution in [3.63, 3.8) is 0 Å². The van der Waals surface area contributed by atoms with Crippen molar-refractivity contribution in [2.75, 3.05) is 11.9 Å². The Morgan fingerprint density at radius 2 is 1.77 bits per heavy atom. The van der Waals surface area contributed by atoms with Crippen molar-refractivity contribution >= 4 is 34.5 Å². The van der Waals surface area contributed by atoms with Gasteiger partial charge in [-0.1, -0.05) is 30.3 Å². The zero-order valence-corrected chi connectivity index (χ0v) is 13.4. The zero-order valence-electron chi connectivity index (χ0n) is 13.4. The first kappa shape index (κ1) is 17.2. The minimum Gasteiger partial charge on any atom is -0.452 e. The van der Waals surface area contributed by atoms with Crippen molar-refractivity contribution in [2.45, 2.75) is 0 Å². The van der Waals surface area contributed by atoms with Gasteiger partial charge < -0.3 is 15.0 Å². The van der Waals surface area contributed by atoms with E-state index in [4.69, 9.17) is 4.74 Å². The molecule has 1 heterocycles. The molecular formula is C18H14FN3O4. The zero-order chi connectivity index (χ0) is 18.5. The van der Waals surface area contributed by atoms with Gasteiger partial charge >= 0.3 is 12.0 Å². The first-order valence-electron chi connectivity index (χ1n) is 7.63. The number of ether oxygens (including phenoxy) is 1. The highest BCUT2D eigenvalue weighted by Crippen LogP contribution is 2.18. The third kappa shape index (κ3) is 3.86. The maximum absolute atomic E-state index is 13.4. The van der Waals surface area contributed by atoms with Gasteiger partial charge in [0.05, 0.1) is 11.3 Å². The molecule has 3 rings (SSSR count). The predicted octanol–water partition coefficient (Wildman–Crippen LogP) is 2.81. The summed E-state index contributed by atoms with van der Waals surface area (Å²) in [5.41, 5.74) is 0.964. The van der Waals surface area contributed by atoms with E-state index in [-0.39, 0.29) is 11.3 Å². The number of imide groups is 1. The second kappa shape index (κ2) is 7.47. The second-order valence-electron chi connectivity index (χ2n) is 5.31. The minimum absolute atomic E-state index is 0.0754. The number of hydrogen-bond donors (Lipinski definition) is 3. The molecule has 8 heteroatoms. The van der Waals surface area contributed by atoms with Crippen LogP contribution in [0.1, 0.15) is 10.4 Å². The molecule has 3 amide bonds. The molecule has 0 spiro atoms. The maximum Gasteiger partial charge on any atom is 0.340 e. The summed E-state index contributed by atoms with van der Waals surface area (Å²) >= 11 is 0. The molecule has 0 saturated heterocycles. The Kier molecular flexibility index (Phi) is 4.93. The number of halogens is 1. The van der Waals surface area contributed by atoms with E-state index in [9.17, 15) is 18.8 Å². The van der Waals surface area contributed by atoms with Crippen LogP contribution in [0.15, 0.2) is 54.7 Å². The van der Waals surface area contributed by atoms with E-state index in [0.29, 0.717) is 5.39 Å². The number of aromatic nitrogens is 1. The molecule has 1 aromatic heterocycles. The summed E-state index contributed by atoms with van der Waals surface area (Å²) < 4.78 is 18.3. The van der Waals surface area contributed by atoms with E-state index in [2.05, 4.69) is 10.3 Å². The first-order valence-corrected chi connectivity index (χ1v) is 7.63. The molecule has 132 valence electrons. The Morgan fingerprint density at radius 3 is 2.58 bits per heavy atom. The SMILES string of the molecule is O=C(COC(=O)c1c[nH]c2ccccc12)NC(=O)Nc1ccccc1F. The lowest BCUT2D eigenvalue weighted by atomic mass is 10.2. The van der Waals surface area contributed by atoms with Gasteiger partial charge in [-0.15, -0.1) is 0 Å². The molecule has 0 atom stereocenters. The Morgan fingerprint density at radius 1 is 1.04 bits per heavy atom. The molecule has 3 aromatic rings. The largest absolute Gasteiger partial charge is 0.452 e. The molecule has 0 aliphatic carbocycles. The van der Waals surface area contributed by atoms with Crippen molar-refractivity contribution in [3.05, 3.63) is 66.1 Å². The predicted molar refractivity (Wildman–Crippen MR) is 92.1 cm³/mol. The van der Waals surface area contributed by atoms with Gasteiger partial charge in [0, 0.05) is 17.1 Å². The Bertz CT molecular complexity index is 983. The normalized spacial score (nSPS) is 10.3. The summed E-state index contributed by atoms with van der Waals surface area (Å²) in [4.78, 5) is 38.4. The number of H-pyrrole nitrogens is 1. The van der Waals surface area contributed by atoms with Crippen LogP contribution >= 0.6 is 0 Å². The highest BCUT2D eigenvalue weighted by Gasteiger charge is 2.16. The minimum atomic E-state index is -0.928. The van der Waals surface area contributed by atoms with Gasteiger partial charge in [0.15, 0.2) is 6.61 Å². The first-order chi connectivity index (χ1) is 12.5. The van der Waals surface area contributed by atoms with Crippen LogP contribution in [-0.2, 0) is 9.53 Å². The van der Waals surface area contributed by atoms with Crippen LogP contribution in [-0.4, -0.2) is 29.5 Å². The maximum atomic E-state index is 13.4. The van der Waals surface area contributed by atoms with Crippen LogP contribution in [0.5, 0.6) is 0 Å². The number of benzene rings is 2. The number of anilines is 1. The number of aromatic amines is 1. The molecule has 3 N–H and O–H groups in total. The molecule has 7 nitrogen and oxygen atoms in total. The monoisotopic (exact) mass is 355 g/mol. The average Bonchev–Trinajstić information content (AvgIpc) is 3.06. The van der Waals surface area contributed by atoms with Crippen LogP contribution in [0.4, 0.5) is 14.9 Å². The van der Waals surface area contributed by atoms with E-state index in [1.165, 1.54) is 30.5 Å². The van der Waals surface area contributed by atoms with E-state index >= 15 is 0 Å². The fourth-order valence-corrected chi connectivity index (χ4v) is 2.33. The lowest BCUT2D eigenvalue weighted by Gasteiger charge is -2.08. The molecule has 0 saturated carbocycles. The molecule has 0 aliphatic rings. The van der Waals surface area contributed by atoms with Gasteiger partial charge in [0.2, 0.25) is 0 Å². The molecule has 0 fully saturated rings. The van der Waals surface area contributed by atoms with Crippen LogP contribution in [0, 0.1) is 5.82 Å². The summed E-state index contributed by atoms with van der Waals surface area (Å²) in [6.07, 6.45) is 1.48. The Labute approximate surface area is 147 Å². The quantitative estimate of drug-likeness (QED) is 0.627. The Hall–Kier alpha value is -3.68. The van der Waals surface area contributed by atoms with Crippen molar-refractivity contribution in [2.24, 2.45) is 0 Å². The van der Waals surface area contributed by atoms with Crippen LogP contribution in [0.3, 0.4) is 0 Å². The van der Waals surface area contributed by atoms with Gasteiger partial charge in [-0.25, -0.2) is 14.0 Å². The number of para-hydroxylation sites is 2. The molecule has 0 unspecified atom stereocenters. The van der Waals surface area contributed by atoms with E-state index < -0.39 is 30.3 Å². The molecule has 0 aliphatic heterocycles. The number of nitrogens with one attached hydrogen (secondary N) is 3.